The summed E-state index contributed by atoms with van der Waals surface area (Å²) < 4.78 is 4.58. The van der Waals surface area contributed by atoms with Crippen molar-refractivity contribution in [1.29, 1.82) is 0 Å². The average molecular weight is 169 g/mol. The molecule has 0 saturated heterocycles. The van der Waals surface area contributed by atoms with Crippen molar-refractivity contribution in [2.45, 2.75) is 19.4 Å². The largest absolute Gasteiger partial charge is 0.438 e. The summed E-state index contributed by atoms with van der Waals surface area (Å²) in [4.78, 5) is 10.5. The summed E-state index contributed by atoms with van der Waals surface area (Å²) in [6.45, 7) is 3.49. The summed E-state index contributed by atoms with van der Waals surface area (Å²) in [5.41, 5.74) is -0.517. The average Bonchev–Trinajstić information content (AvgIpc) is 1.63. The van der Waals surface area contributed by atoms with E-state index >= 15 is 0 Å². The molecule has 0 aromatic carbocycles. The summed E-state index contributed by atoms with van der Waals surface area (Å²) in [6, 6.07) is 0. The lowest BCUT2D eigenvalue weighted by Crippen LogP contribution is -2.03. The molecule has 2 nitrogen and oxygen atoms in total. The van der Waals surface area contributed by atoms with Gasteiger partial charge in [-0.25, -0.2) is 4.79 Å². The second-order valence-corrected chi connectivity index (χ2v) is 3.16. The van der Waals surface area contributed by atoms with Gasteiger partial charge in [-0.2, -0.15) is 0 Å². The van der Waals surface area contributed by atoms with E-state index in [0.29, 0.717) is 0 Å². The number of ether oxygens (including phenoxy) is 1. The van der Waals surface area contributed by atoms with Crippen LogP contribution in [0.5, 0.6) is 0 Å². The second-order valence-electron chi connectivity index (χ2n) is 1.34. The van der Waals surface area contributed by atoms with Crippen LogP contribution in [0.2, 0.25) is 0 Å². The number of halogens is 1. The fraction of sp³-hybridized carbons (Fsp3) is 0.800. The van der Waals surface area contributed by atoms with E-state index in [9.17, 15) is 4.79 Å². The summed E-state index contributed by atoms with van der Waals surface area (Å²) >= 11 is 6.47. The van der Waals surface area contributed by atoms with Crippen LogP contribution in [0.4, 0.5) is 4.79 Å². The normalized spacial score (nSPS) is 12.8. The van der Waals surface area contributed by atoms with Gasteiger partial charge in [0.15, 0.2) is 5.56 Å². The van der Waals surface area contributed by atoms with E-state index in [0.717, 1.165) is 17.5 Å². The molecule has 0 fully saturated rings. The summed E-state index contributed by atoms with van der Waals surface area (Å²) in [7, 11) is 0. The molecule has 0 saturated carbocycles. The molecule has 54 valence electrons. The highest BCUT2D eigenvalue weighted by atomic mass is 35.5. The smallest absolute Gasteiger partial charge is 0.368 e. The Morgan fingerprint density at radius 2 is 2.44 bits per heavy atom. The number of alkyl halides is 1. The Labute approximate surface area is 63.9 Å². The van der Waals surface area contributed by atoms with Crippen LogP contribution < -0.4 is 0 Å². The maximum atomic E-state index is 10.5. The lowest BCUT2D eigenvalue weighted by atomic mass is 10.9. The SMILES string of the molecule is CCSC(=O)OC(C)Cl. The molecule has 0 bridgehead atoms. The fourth-order valence-corrected chi connectivity index (χ4v) is 0.866. The number of thioether (sulfide) groups is 1. The predicted molar refractivity (Wildman–Crippen MR) is 39.9 cm³/mol. The van der Waals surface area contributed by atoms with Crippen LogP contribution in [0, 0.1) is 0 Å². The van der Waals surface area contributed by atoms with Crippen molar-refractivity contribution in [3.05, 3.63) is 0 Å². The van der Waals surface area contributed by atoms with Gasteiger partial charge in [0, 0.05) is 5.75 Å². The first-order valence-corrected chi connectivity index (χ1v) is 4.06. The van der Waals surface area contributed by atoms with E-state index in [4.69, 9.17) is 11.6 Å². The van der Waals surface area contributed by atoms with Crippen LogP contribution in [0.3, 0.4) is 0 Å². The molecule has 4 heteroatoms. The van der Waals surface area contributed by atoms with Gasteiger partial charge in [0.25, 0.3) is 0 Å². The number of rotatable bonds is 2. The van der Waals surface area contributed by atoms with E-state index in [1.54, 1.807) is 6.92 Å². The molecule has 0 amide bonds. The zero-order valence-electron chi connectivity index (χ0n) is 5.39. The molecule has 0 spiro atoms. The Morgan fingerprint density at radius 3 is 2.78 bits per heavy atom. The summed E-state index contributed by atoms with van der Waals surface area (Å²) in [6.07, 6.45) is 0. The van der Waals surface area contributed by atoms with E-state index in [1.165, 1.54) is 0 Å². The van der Waals surface area contributed by atoms with E-state index in [2.05, 4.69) is 4.74 Å². The molecule has 0 aromatic rings. The Hall–Kier alpha value is 0.110. The highest BCUT2D eigenvalue weighted by Gasteiger charge is 2.03. The van der Waals surface area contributed by atoms with Crippen LogP contribution >= 0.6 is 23.4 Å². The molecule has 0 aromatic heterocycles. The van der Waals surface area contributed by atoms with Gasteiger partial charge < -0.3 is 4.74 Å². The first kappa shape index (κ1) is 9.11. The molecule has 0 heterocycles. The Morgan fingerprint density at radius 1 is 1.89 bits per heavy atom. The van der Waals surface area contributed by atoms with Crippen molar-refractivity contribution in [1.82, 2.24) is 0 Å². The van der Waals surface area contributed by atoms with E-state index in [1.807, 2.05) is 6.92 Å². The third-order valence-corrected chi connectivity index (χ3v) is 1.23. The van der Waals surface area contributed by atoms with Crippen molar-refractivity contribution in [3.63, 3.8) is 0 Å². The van der Waals surface area contributed by atoms with Crippen molar-refractivity contribution < 1.29 is 9.53 Å². The zero-order chi connectivity index (χ0) is 7.28. The lowest BCUT2D eigenvalue weighted by molar-refractivity contribution is 0.168. The van der Waals surface area contributed by atoms with Crippen LogP contribution in [-0.4, -0.2) is 16.6 Å². The van der Waals surface area contributed by atoms with Gasteiger partial charge in [0.05, 0.1) is 0 Å². The fourth-order valence-electron chi connectivity index (χ4n) is 0.284. The molecule has 0 rings (SSSR count). The molecule has 0 radical (unpaired) electrons. The topological polar surface area (TPSA) is 26.3 Å². The van der Waals surface area contributed by atoms with Crippen LogP contribution in [0.15, 0.2) is 0 Å². The van der Waals surface area contributed by atoms with E-state index < -0.39 is 5.56 Å². The van der Waals surface area contributed by atoms with Gasteiger partial charge in [-0.1, -0.05) is 18.5 Å². The minimum absolute atomic E-state index is 0.306. The van der Waals surface area contributed by atoms with Gasteiger partial charge in [0.1, 0.15) is 0 Å². The quantitative estimate of drug-likeness (QED) is 0.468. The number of hydrogen-bond acceptors (Lipinski definition) is 3. The van der Waals surface area contributed by atoms with Gasteiger partial charge >= 0.3 is 5.30 Å². The van der Waals surface area contributed by atoms with Crippen molar-refractivity contribution in [3.8, 4) is 0 Å². The van der Waals surface area contributed by atoms with Crippen LogP contribution in [0.25, 0.3) is 0 Å². The Balaban J connectivity index is 3.27. The first-order chi connectivity index (χ1) is 4.16. The Kier molecular flexibility index (Phi) is 5.00. The number of carbonyl (C=O) groups excluding carboxylic acids is 1. The molecule has 0 N–H and O–H groups in total. The van der Waals surface area contributed by atoms with Gasteiger partial charge in [-0.15, -0.1) is 0 Å². The highest BCUT2D eigenvalue weighted by molar-refractivity contribution is 8.13. The van der Waals surface area contributed by atoms with E-state index in [-0.39, 0.29) is 5.30 Å². The summed E-state index contributed by atoms with van der Waals surface area (Å²) in [5.74, 6) is 0.725. The molecule has 1 unspecified atom stereocenters. The zero-order valence-corrected chi connectivity index (χ0v) is 6.96. The minimum atomic E-state index is -0.517. The highest BCUT2D eigenvalue weighted by Crippen LogP contribution is 2.07. The van der Waals surface area contributed by atoms with Gasteiger partial charge in [-0.3, -0.25) is 0 Å². The summed E-state index contributed by atoms with van der Waals surface area (Å²) in [5, 5.41) is -0.306. The predicted octanol–water partition coefficient (Wildman–Crippen LogP) is 2.46. The van der Waals surface area contributed by atoms with Gasteiger partial charge in [-0.05, 0) is 18.7 Å². The van der Waals surface area contributed by atoms with Crippen LogP contribution in [0.1, 0.15) is 13.8 Å². The molecule has 0 aliphatic rings. The van der Waals surface area contributed by atoms with Crippen molar-refractivity contribution >= 4 is 28.7 Å². The standard InChI is InChI=1S/C5H9ClO2S/c1-3-9-5(7)8-4(2)6/h4H,3H2,1-2H3. The Bertz CT molecular complexity index is 95.0. The maximum absolute atomic E-state index is 10.5. The van der Waals surface area contributed by atoms with Crippen molar-refractivity contribution in [2.24, 2.45) is 0 Å². The monoisotopic (exact) mass is 168 g/mol. The molecule has 0 aliphatic carbocycles. The lowest BCUT2D eigenvalue weighted by Gasteiger charge is -2.02. The molecular formula is C5H9ClO2S. The number of hydrogen-bond donors (Lipinski definition) is 0. The van der Waals surface area contributed by atoms with Crippen LogP contribution in [-0.2, 0) is 4.74 Å². The van der Waals surface area contributed by atoms with Crippen molar-refractivity contribution in [2.75, 3.05) is 5.75 Å². The minimum Gasteiger partial charge on any atom is -0.438 e. The van der Waals surface area contributed by atoms with Gasteiger partial charge in [0.2, 0.25) is 0 Å². The maximum Gasteiger partial charge on any atom is 0.368 e. The molecule has 1 atom stereocenters. The third-order valence-electron chi connectivity index (χ3n) is 0.521. The number of carbonyl (C=O) groups is 1. The molecular weight excluding hydrogens is 160 g/mol. The second kappa shape index (κ2) is 4.94. The molecule has 9 heavy (non-hydrogen) atoms. The molecule has 0 aliphatic heterocycles. The third kappa shape index (κ3) is 5.99. The first-order valence-electron chi connectivity index (χ1n) is 2.64.